The van der Waals surface area contributed by atoms with Crippen LogP contribution in [0, 0.1) is 0 Å². The lowest BCUT2D eigenvalue weighted by atomic mass is 10.1. The minimum Gasteiger partial charge on any atom is -0.375 e. The Kier molecular flexibility index (Phi) is 6.75. The van der Waals surface area contributed by atoms with Gasteiger partial charge in [-0.25, -0.2) is 0 Å². The van der Waals surface area contributed by atoms with E-state index in [-0.39, 0.29) is 36.9 Å². The molecule has 2 aromatic rings. The average Bonchev–Trinajstić information content (AvgIpc) is 2.60. The topological polar surface area (TPSA) is 79.5 Å². The monoisotopic (exact) mass is 363 g/mol. The molecule has 134 valence electrons. The summed E-state index contributed by atoms with van der Waals surface area (Å²) >= 11 is 0. The SMILES string of the molecule is C[C@H]1OCCN[C@@H]1C(=O)NCC(=O)Nc1cccc2ccccc12.Cl. The van der Waals surface area contributed by atoms with E-state index < -0.39 is 6.04 Å². The quantitative estimate of drug-likeness (QED) is 0.772. The molecule has 25 heavy (non-hydrogen) atoms. The Morgan fingerprint density at radius 2 is 1.96 bits per heavy atom. The van der Waals surface area contributed by atoms with E-state index in [4.69, 9.17) is 4.74 Å². The van der Waals surface area contributed by atoms with E-state index in [2.05, 4.69) is 16.0 Å². The molecular formula is C18H22ClN3O3. The fraction of sp³-hybridized carbons (Fsp3) is 0.333. The summed E-state index contributed by atoms with van der Waals surface area (Å²) in [4.78, 5) is 24.3. The number of benzene rings is 2. The summed E-state index contributed by atoms with van der Waals surface area (Å²) in [5, 5.41) is 10.6. The fourth-order valence-corrected chi connectivity index (χ4v) is 2.83. The number of hydrogen-bond acceptors (Lipinski definition) is 4. The molecule has 2 atom stereocenters. The van der Waals surface area contributed by atoms with E-state index >= 15 is 0 Å². The van der Waals surface area contributed by atoms with Crippen molar-refractivity contribution < 1.29 is 14.3 Å². The Morgan fingerprint density at radius 3 is 2.76 bits per heavy atom. The van der Waals surface area contributed by atoms with E-state index in [0.717, 1.165) is 16.5 Å². The number of morpholine rings is 1. The standard InChI is InChI=1S/C18H21N3O3.ClH/c1-12-17(19-9-10-24-12)18(23)20-11-16(22)21-15-8-4-6-13-5-2-3-7-14(13)15;/h2-8,12,17,19H,9-11H2,1H3,(H,20,23)(H,21,22);1H/t12-,17+;/m1./s1. The number of carbonyl (C=O) groups excluding carboxylic acids is 2. The number of hydrogen-bond donors (Lipinski definition) is 3. The van der Waals surface area contributed by atoms with E-state index in [1.807, 2.05) is 49.4 Å². The number of carbonyl (C=O) groups is 2. The van der Waals surface area contributed by atoms with Crippen molar-refractivity contribution in [1.29, 1.82) is 0 Å². The van der Waals surface area contributed by atoms with Crippen LogP contribution in [0.1, 0.15) is 6.92 Å². The van der Waals surface area contributed by atoms with Crippen LogP contribution >= 0.6 is 12.4 Å². The molecule has 3 N–H and O–H groups in total. The van der Waals surface area contributed by atoms with Crippen molar-refractivity contribution in [3.8, 4) is 0 Å². The summed E-state index contributed by atoms with van der Waals surface area (Å²) in [6.45, 7) is 2.98. The Balaban J connectivity index is 0.00000225. The van der Waals surface area contributed by atoms with Gasteiger partial charge in [-0.05, 0) is 18.4 Å². The number of nitrogens with one attached hydrogen (secondary N) is 3. The van der Waals surface area contributed by atoms with Crippen molar-refractivity contribution in [3.05, 3.63) is 42.5 Å². The zero-order chi connectivity index (χ0) is 16.9. The molecule has 7 heteroatoms. The molecule has 0 bridgehead atoms. The van der Waals surface area contributed by atoms with Crippen LogP contribution in [0.3, 0.4) is 0 Å². The summed E-state index contributed by atoms with van der Waals surface area (Å²) in [6.07, 6.45) is -0.208. The van der Waals surface area contributed by atoms with Crippen molar-refractivity contribution in [2.24, 2.45) is 0 Å². The van der Waals surface area contributed by atoms with Crippen molar-refractivity contribution in [3.63, 3.8) is 0 Å². The molecule has 1 aliphatic rings. The summed E-state index contributed by atoms with van der Waals surface area (Å²) in [7, 11) is 0. The second-order valence-electron chi connectivity index (χ2n) is 5.80. The predicted molar refractivity (Wildman–Crippen MR) is 100 cm³/mol. The number of ether oxygens (including phenoxy) is 1. The zero-order valence-corrected chi connectivity index (χ0v) is 14.8. The van der Waals surface area contributed by atoms with Crippen LogP contribution in [0.25, 0.3) is 10.8 Å². The summed E-state index contributed by atoms with van der Waals surface area (Å²) < 4.78 is 5.44. The first-order valence-electron chi connectivity index (χ1n) is 8.05. The van der Waals surface area contributed by atoms with Gasteiger partial charge in [0.2, 0.25) is 11.8 Å². The lowest BCUT2D eigenvalue weighted by Gasteiger charge is -2.29. The molecule has 1 aliphatic heterocycles. The first-order chi connectivity index (χ1) is 11.6. The number of rotatable bonds is 4. The predicted octanol–water partition coefficient (Wildman–Crippen LogP) is 1.69. The third kappa shape index (κ3) is 4.69. The van der Waals surface area contributed by atoms with Crippen LogP contribution in [0.15, 0.2) is 42.5 Å². The van der Waals surface area contributed by atoms with Crippen molar-refractivity contribution in [1.82, 2.24) is 10.6 Å². The van der Waals surface area contributed by atoms with Gasteiger partial charge in [-0.1, -0.05) is 36.4 Å². The van der Waals surface area contributed by atoms with Gasteiger partial charge < -0.3 is 20.7 Å². The molecule has 0 aromatic heterocycles. The zero-order valence-electron chi connectivity index (χ0n) is 14.0. The normalized spacial score (nSPS) is 19.7. The third-order valence-corrected chi connectivity index (χ3v) is 4.09. The third-order valence-electron chi connectivity index (χ3n) is 4.09. The Morgan fingerprint density at radius 1 is 1.20 bits per heavy atom. The highest BCUT2D eigenvalue weighted by atomic mass is 35.5. The molecule has 1 saturated heterocycles. The number of anilines is 1. The molecule has 0 saturated carbocycles. The maximum atomic E-state index is 12.1. The minimum atomic E-state index is -0.427. The van der Waals surface area contributed by atoms with Crippen LogP contribution < -0.4 is 16.0 Å². The molecule has 6 nitrogen and oxygen atoms in total. The second-order valence-corrected chi connectivity index (χ2v) is 5.80. The highest BCUT2D eigenvalue weighted by molar-refractivity contribution is 6.03. The molecule has 0 radical (unpaired) electrons. The van der Waals surface area contributed by atoms with Crippen molar-refractivity contribution >= 4 is 40.7 Å². The number of halogens is 1. The van der Waals surface area contributed by atoms with Crippen molar-refractivity contribution in [2.75, 3.05) is 25.0 Å². The van der Waals surface area contributed by atoms with Gasteiger partial charge in [0, 0.05) is 17.6 Å². The summed E-state index contributed by atoms with van der Waals surface area (Å²) in [5.41, 5.74) is 0.736. The Labute approximate surface area is 152 Å². The lowest BCUT2D eigenvalue weighted by Crippen LogP contribution is -2.56. The van der Waals surface area contributed by atoms with Gasteiger partial charge in [0.25, 0.3) is 0 Å². The Bertz CT molecular complexity index is 748. The molecule has 0 unspecified atom stereocenters. The van der Waals surface area contributed by atoms with Crippen molar-refractivity contribution in [2.45, 2.75) is 19.1 Å². The first-order valence-corrected chi connectivity index (χ1v) is 8.05. The molecule has 0 spiro atoms. The number of fused-ring (bicyclic) bond motifs is 1. The van der Waals surface area contributed by atoms with E-state index in [1.165, 1.54) is 0 Å². The van der Waals surface area contributed by atoms with Gasteiger partial charge in [-0.2, -0.15) is 0 Å². The van der Waals surface area contributed by atoms with E-state index in [1.54, 1.807) is 0 Å². The minimum absolute atomic E-state index is 0. The smallest absolute Gasteiger partial charge is 0.243 e. The molecule has 1 fully saturated rings. The highest BCUT2D eigenvalue weighted by Gasteiger charge is 2.28. The second kappa shape index (κ2) is 8.80. The summed E-state index contributed by atoms with van der Waals surface area (Å²) in [6, 6.07) is 13.1. The van der Waals surface area contributed by atoms with E-state index in [0.29, 0.717) is 13.2 Å². The van der Waals surface area contributed by atoms with Gasteiger partial charge in [-0.15, -0.1) is 12.4 Å². The van der Waals surface area contributed by atoms with Gasteiger partial charge >= 0.3 is 0 Å². The van der Waals surface area contributed by atoms with Crippen LogP contribution in [0.4, 0.5) is 5.69 Å². The molecular weight excluding hydrogens is 342 g/mol. The lowest BCUT2D eigenvalue weighted by molar-refractivity contribution is -0.130. The molecule has 1 heterocycles. The molecule has 2 aromatic carbocycles. The molecule has 2 amide bonds. The van der Waals surface area contributed by atoms with Gasteiger partial charge in [0.05, 0.1) is 19.3 Å². The van der Waals surface area contributed by atoms with Crippen LogP contribution in [-0.2, 0) is 14.3 Å². The Hall–Kier alpha value is -2.15. The largest absolute Gasteiger partial charge is 0.375 e. The van der Waals surface area contributed by atoms with Crippen LogP contribution in [-0.4, -0.2) is 43.7 Å². The fourth-order valence-electron chi connectivity index (χ4n) is 2.83. The molecule has 0 aliphatic carbocycles. The molecule has 3 rings (SSSR count). The van der Waals surface area contributed by atoms with Gasteiger partial charge in [0.15, 0.2) is 0 Å². The maximum absolute atomic E-state index is 12.1. The van der Waals surface area contributed by atoms with Gasteiger partial charge in [-0.3, -0.25) is 9.59 Å². The van der Waals surface area contributed by atoms with Crippen LogP contribution in [0.5, 0.6) is 0 Å². The number of amides is 2. The maximum Gasteiger partial charge on any atom is 0.243 e. The average molecular weight is 364 g/mol. The summed E-state index contributed by atoms with van der Waals surface area (Å²) in [5.74, 6) is -0.487. The van der Waals surface area contributed by atoms with Crippen LogP contribution in [0.2, 0.25) is 0 Å². The van der Waals surface area contributed by atoms with Gasteiger partial charge in [0.1, 0.15) is 6.04 Å². The highest BCUT2D eigenvalue weighted by Crippen LogP contribution is 2.22. The first kappa shape index (κ1) is 19.2. The van der Waals surface area contributed by atoms with E-state index in [9.17, 15) is 9.59 Å².